The number of aromatic amines is 1. The number of hydrogen-bond acceptors (Lipinski definition) is 5. The fourth-order valence-corrected chi connectivity index (χ4v) is 3.60. The van der Waals surface area contributed by atoms with E-state index >= 15 is 0 Å². The number of rotatable bonds is 6. The second-order valence-electron chi connectivity index (χ2n) is 6.93. The molecule has 3 N–H and O–H groups in total. The lowest BCUT2D eigenvalue weighted by atomic mass is 9.85. The first-order valence-corrected chi connectivity index (χ1v) is 9.55. The van der Waals surface area contributed by atoms with Crippen molar-refractivity contribution in [2.24, 2.45) is 0 Å². The smallest absolute Gasteiger partial charge is 0.269 e. The van der Waals surface area contributed by atoms with Gasteiger partial charge in [-0.15, -0.1) is 0 Å². The lowest BCUT2D eigenvalue weighted by Gasteiger charge is -2.24. The molecule has 2 aromatic carbocycles. The Morgan fingerprint density at radius 2 is 2.00 bits per heavy atom. The quantitative estimate of drug-likeness (QED) is 0.584. The SMILES string of the molecule is CNC(=O)c1[nH]nc2c1C(c1ccc(OC)c(OCc3ccccc3)c1)CC(=O)N2. The molecule has 0 saturated heterocycles. The van der Waals surface area contributed by atoms with Gasteiger partial charge >= 0.3 is 0 Å². The number of carbonyl (C=O) groups is 2. The number of methoxy groups -OCH3 is 1. The van der Waals surface area contributed by atoms with Crippen molar-refractivity contribution < 1.29 is 19.1 Å². The second-order valence-corrected chi connectivity index (χ2v) is 6.93. The summed E-state index contributed by atoms with van der Waals surface area (Å²) in [7, 11) is 3.13. The lowest BCUT2D eigenvalue weighted by Crippen LogP contribution is -2.26. The minimum absolute atomic E-state index is 0.162. The molecular weight excluding hydrogens is 384 g/mol. The van der Waals surface area contributed by atoms with Gasteiger partial charge in [-0.3, -0.25) is 14.7 Å². The molecule has 1 aliphatic heterocycles. The van der Waals surface area contributed by atoms with E-state index in [2.05, 4.69) is 20.8 Å². The Bertz CT molecular complexity index is 1080. The topological polar surface area (TPSA) is 105 Å². The number of amides is 2. The molecule has 1 unspecified atom stereocenters. The first-order chi connectivity index (χ1) is 14.6. The van der Waals surface area contributed by atoms with Gasteiger partial charge in [-0.25, -0.2) is 0 Å². The van der Waals surface area contributed by atoms with E-state index in [4.69, 9.17) is 9.47 Å². The van der Waals surface area contributed by atoms with Gasteiger partial charge in [0.05, 0.1) is 7.11 Å². The molecule has 30 heavy (non-hydrogen) atoms. The van der Waals surface area contributed by atoms with E-state index in [9.17, 15) is 9.59 Å². The van der Waals surface area contributed by atoms with Crippen molar-refractivity contribution in [2.75, 3.05) is 19.5 Å². The monoisotopic (exact) mass is 406 g/mol. The van der Waals surface area contributed by atoms with Crippen LogP contribution >= 0.6 is 0 Å². The van der Waals surface area contributed by atoms with Gasteiger partial charge in [-0.2, -0.15) is 5.10 Å². The van der Waals surface area contributed by atoms with E-state index in [1.165, 1.54) is 0 Å². The van der Waals surface area contributed by atoms with Crippen LogP contribution < -0.4 is 20.1 Å². The largest absolute Gasteiger partial charge is 0.493 e. The summed E-state index contributed by atoms with van der Waals surface area (Å²) in [5.74, 6) is 0.733. The van der Waals surface area contributed by atoms with Crippen molar-refractivity contribution >= 4 is 17.6 Å². The zero-order chi connectivity index (χ0) is 21.1. The summed E-state index contributed by atoms with van der Waals surface area (Å²) in [6.07, 6.45) is 0.195. The van der Waals surface area contributed by atoms with Gasteiger partial charge in [0.15, 0.2) is 17.3 Å². The summed E-state index contributed by atoms with van der Waals surface area (Å²) < 4.78 is 11.5. The molecule has 2 amide bonds. The first kappa shape index (κ1) is 19.5. The third kappa shape index (κ3) is 3.71. The molecular formula is C22H22N4O4. The Morgan fingerprint density at radius 1 is 1.20 bits per heavy atom. The van der Waals surface area contributed by atoms with E-state index in [1.54, 1.807) is 14.2 Å². The maximum atomic E-state index is 12.3. The number of hydrogen-bond donors (Lipinski definition) is 3. The third-order valence-corrected chi connectivity index (χ3v) is 5.08. The highest BCUT2D eigenvalue weighted by molar-refractivity contribution is 6.00. The van der Waals surface area contributed by atoms with Crippen LogP contribution in [0, 0.1) is 0 Å². The molecule has 1 aromatic heterocycles. The van der Waals surface area contributed by atoms with Crippen LogP contribution in [-0.2, 0) is 11.4 Å². The van der Waals surface area contributed by atoms with Gasteiger partial charge in [0.25, 0.3) is 5.91 Å². The number of aromatic nitrogens is 2. The van der Waals surface area contributed by atoms with Crippen LogP contribution in [0.4, 0.5) is 5.82 Å². The lowest BCUT2D eigenvalue weighted by molar-refractivity contribution is -0.116. The van der Waals surface area contributed by atoms with E-state index in [0.29, 0.717) is 35.2 Å². The number of benzene rings is 2. The van der Waals surface area contributed by atoms with Crippen LogP contribution in [0.2, 0.25) is 0 Å². The van der Waals surface area contributed by atoms with Gasteiger partial charge in [0.1, 0.15) is 12.3 Å². The van der Waals surface area contributed by atoms with Crippen LogP contribution in [0.3, 0.4) is 0 Å². The number of nitrogens with zero attached hydrogens (tertiary/aromatic N) is 1. The van der Waals surface area contributed by atoms with Crippen molar-refractivity contribution in [1.29, 1.82) is 0 Å². The van der Waals surface area contributed by atoms with E-state index in [-0.39, 0.29) is 24.2 Å². The Morgan fingerprint density at radius 3 is 2.73 bits per heavy atom. The minimum atomic E-state index is -0.343. The normalized spacial score (nSPS) is 15.1. The van der Waals surface area contributed by atoms with Crippen molar-refractivity contribution in [2.45, 2.75) is 18.9 Å². The predicted molar refractivity (Wildman–Crippen MR) is 111 cm³/mol. The number of ether oxygens (including phenoxy) is 2. The summed E-state index contributed by atoms with van der Waals surface area (Å²) in [6, 6.07) is 15.4. The van der Waals surface area contributed by atoms with Gasteiger partial charge in [0, 0.05) is 24.9 Å². The van der Waals surface area contributed by atoms with E-state index < -0.39 is 0 Å². The first-order valence-electron chi connectivity index (χ1n) is 9.55. The molecule has 2 heterocycles. The van der Waals surface area contributed by atoms with Gasteiger partial charge < -0.3 is 20.1 Å². The fraction of sp³-hybridized carbons (Fsp3) is 0.227. The second kappa shape index (κ2) is 8.28. The Balaban J connectivity index is 1.70. The molecule has 3 aromatic rings. The number of nitrogens with one attached hydrogen (secondary N) is 3. The zero-order valence-electron chi connectivity index (χ0n) is 16.7. The van der Waals surface area contributed by atoms with Crippen LogP contribution in [0.1, 0.15) is 39.5 Å². The highest BCUT2D eigenvalue weighted by atomic mass is 16.5. The van der Waals surface area contributed by atoms with E-state index in [0.717, 1.165) is 11.1 Å². The number of anilines is 1. The Labute approximate surface area is 173 Å². The molecule has 154 valence electrons. The maximum Gasteiger partial charge on any atom is 0.269 e. The standard InChI is InChI=1S/C22H22N4O4/c1-23-22(28)20-19-15(11-18(27)24-21(19)26-25-20)14-8-9-16(29-2)17(10-14)30-12-13-6-4-3-5-7-13/h3-10,15H,11-12H2,1-2H3,(H,23,28)(H2,24,25,26,27). The molecule has 1 atom stereocenters. The Kier molecular flexibility index (Phi) is 5.38. The summed E-state index contributed by atoms with van der Waals surface area (Å²) in [5, 5.41) is 12.2. The summed E-state index contributed by atoms with van der Waals surface area (Å²) in [4.78, 5) is 24.5. The van der Waals surface area contributed by atoms with Gasteiger partial charge in [-0.1, -0.05) is 36.4 Å². The van der Waals surface area contributed by atoms with Crippen molar-refractivity contribution in [3.63, 3.8) is 0 Å². The van der Waals surface area contributed by atoms with Crippen LogP contribution in [0.15, 0.2) is 48.5 Å². The molecule has 8 nitrogen and oxygen atoms in total. The molecule has 0 bridgehead atoms. The molecule has 0 fully saturated rings. The highest BCUT2D eigenvalue weighted by Gasteiger charge is 2.34. The molecule has 1 aliphatic rings. The van der Waals surface area contributed by atoms with Crippen LogP contribution in [0.5, 0.6) is 11.5 Å². The minimum Gasteiger partial charge on any atom is -0.493 e. The third-order valence-electron chi connectivity index (χ3n) is 5.08. The summed E-state index contributed by atoms with van der Waals surface area (Å²) in [6.45, 7) is 0.381. The van der Waals surface area contributed by atoms with Crippen LogP contribution in [-0.4, -0.2) is 36.2 Å². The molecule has 0 aliphatic carbocycles. The number of fused-ring (bicyclic) bond motifs is 1. The summed E-state index contributed by atoms with van der Waals surface area (Å²) >= 11 is 0. The van der Waals surface area contributed by atoms with Crippen molar-refractivity contribution in [3.05, 3.63) is 70.9 Å². The molecule has 0 radical (unpaired) electrons. The predicted octanol–water partition coefficient (Wildman–Crippen LogP) is 2.83. The highest BCUT2D eigenvalue weighted by Crippen LogP contribution is 2.41. The molecule has 0 spiro atoms. The average molecular weight is 406 g/mol. The fourth-order valence-electron chi connectivity index (χ4n) is 3.60. The van der Waals surface area contributed by atoms with Gasteiger partial charge in [0.2, 0.25) is 5.91 Å². The van der Waals surface area contributed by atoms with Crippen LogP contribution in [0.25, 0.3) is 0 Å². The molecule has 4 rings (SSSR count). The number of carbonyl (C=O) groups excluding carboxylic acids is 2. The molecule has 0 saturated carbocycles. The maximum absolute atomic E-state index is 12.3. The zero-order valence-corrected chi connectivity index (χ0v) is 16.7. The summed E-state index contributed by atoms with van der Waals surface area (Å²) in [5.41, 5.74) is 2.86. The average Bonchev–Trinajstić information content (AvgIpc) is 3.20. The van der Waals surface area contributed by atoms with Crippen molar-refractivity contribution in [3.8, 4) is 11.5 Å². The van der Waals surface area contributed by atoms with Crippen molar-refractivity contribution in [1.82, 2.24) is 15.5 Å². The Hall–Kier alpha value is -3.81. The molecule has 8 heteroatoms. The van der Waals surface area contributed by atoms with Gasteiger partial charge in [-0.05, 0) is 23.3 Å². The number of H-pyrrole nitrogens is 1. The van der Waals surface area contributed by atoms with E-state index in [1.807, 2.05) is 48.5 Å².